The fourth-order valence-corrected chi connectivity index (χ4v) is 2.18. The molecule has 2 rings (SSSR count). The number of hydrogen-bond acceptors (Lipinski definition) is 1. The first-order valence-electron chi connectivity index (χ1n) is 5.75. The molecular formula is C12H18N2O. The van der Waals surface area contributed by atoms with E-state index >= 15 is 0 Å². The summed E-state index contributed by atoms with van der Waals surface area (Å²) < 4.78 is 0. The molecular weight excluding hydrogens is 188 g/mol. The quantitative estimate of drug-likeness (QED) is 0.776. The van der Waals surface area contributed by atoms with Crippen molar-refractivity contribution in [1.29, 1.82) is 0 Å². The van der Waals surface area contributed by atoms with Gasteiger partial charge in [-0.05, 0) is 30.9 Å². The van der Waals surface area contributed by atoms with Crippen molar-refractivity contribution in [2.45, 2.75) is 32.1 Å². The summed E-state index contributed by atoms with van der Waals surface area (Å²) in [4.78, 5) is 14.7. The molecule has 3 nitrogen and oxygen atoms in total. The van der Waals surface area contributed by atoms with Gasteiger partial charge in [-0.1, -0.05) is 12.8 Å². The number of carbonyl (C=O) groups excluding carboxylic acids is 1. The summed E-state index contributed by atoms with van der Waals surface area (Å²) in [7, 11) is 0. The van der Waals surface area contributed by atoms with E-state index < -0.39 is 0 Å². The second-order valence-electron chi connectivity index (χ2n) is 4.24. The Balaban J connectivity index is 1.67. The van der Waals surface area contributed by atoms with Gasteiger partial charge in [0.1, 0.15) is 0 Å². The van der Waals surface area contributed by atoms with Crippen molar-refractivity contribution in [1.82, 2.24) is 10.3 Å². The number of carbonyl (C=O) groups is 1. The first-order valence-corrected chi connectivity index (χ1v) is 5.75. The van der Waals surface area contributed by atoms with Gasteiger partial charge in [-0.3, -0.25) is 4.79 Å². The Bertz CT molecular complexity index is 299. The average Bonchev–Trinajstić information content (AvgIpc) is 2.90. The molecule has 0 bridgehead atoms. The summed E-state index contributed by atoms with van der Waals surface area (Å²) in [6.07, 6.45) is 9.40. The number of hydrogen-bond donors (Lipinski definition) is 2. The van der Waals surface area contributed by atoms with Crippen LogP contribution in [0.5, 0.6) is 0 Å². The van der Waals surface area contributed by atoms with Crippen molar-refractivity contribution >= 4 is 5.91 Å². The van der Waals surface area contributed by atoms with Crippen molar-refractivity contribution in [2.24, 2.45) is 5.92 Å². The Morgan fingerprint density at radius 1 is 1.47 bits per heavy atom. The second-order valence-corrected chi connectivity index (χ2v) is 4.24. The number of rotatable bonds is 4. The first-order chi connectivity index (χ1) is 7.36. The van der Waals surface area contributed by atoms with Gasteiger partial charge < -0.3 is 10.3 Å². The largest absolute Gasteiger partial charge is 0.367 e. The fraction of sp³-hybridized carbons (Fsp3) is 0.583. The van der Waals surface area contributed by atoms with Gasteiger partial charge in [-0.15, -0.1) is 0 Å². The normalized spacial score (nSPS) is 16.8. The number of aromatic nitrogens is 1. The maximum absolute atomic E-state index is 11.7. The van der Waals surface area contributed by atoms with Crippen molar-refractivity contribution in [3.8, 4) is 0 Å². The van der Waals surface area contributed by atoms with Crippen LogP contribution in [0.3, 0.4) is 0 Å². The van der Waals surface area contributed by atoms with E-state index in [1.165, 1.54) is 18.4 Å². The molecule has 2 N–H and O–H groups in total. The summed E-state index contributed by atoms with van der Waals surface area (Å²) in [5.74, 6) is 0.541. The predicted molar refractivity (Wildman–Crippen MR) is 59.5 cm³/mol. The van der Waals surface area contributed by atoms with E-state index in [9.17, 15) is 4.79 Å². The molecule has 1 saturated carbocycles. The van der Waals surface area contributed by atoms with Crippen LogP contribution in [0.15, 0.2) is 18.5 Å². The molecule has 1 heterocycles. The van der Waals surface area contributed by atoms with Gasteiger partial charge in [0.25, 0.3) is 0 Å². The lowest BCUT2D eigenvalue weighted by Gasteiger charge is -2.09. The molecule has 0 saturated heterocycles. The van der Waals surface area contributed by atoms with E-state index in [1.54, 1.807) is 0 Å². The maximum atomic E-state index is 11.7. The molecule has 15 heavy (non-hydrogen) atoms. The van der Waals surface area contributed by atoms with E-state index in [2.05, 4.69) is 10.3 Å². The molecule has 3 heteroatoms. The smallest absolute Gasteiger partial charge is 0.223 e. The third-order valence-corrected chi connectivity index (χ3v) is 3.10. The molecule has 1 aliphatic carbocycles. The summed E-state index contributed by atoms with van der Waals surface area (Å²) >= 11 is 0. The van der Waals surface area contributed by atoms with Crippen LogP contribution in [0.1, 0.15) is 31.2 Å². The van der Waals surface area contributed by atoms with E-state index in [0.717, 1.165) is 25.8 Å². The van der Waals surface area contributed by atoms with Crippen LogP contribution in [0.2, 0.25) is 0 Å². The Morgan fingerprint density at radius 3 is 2.93 bits per heavy atom. The Labute approximate surface area is 90.3 Å². The van der Waals surface area contributed by atoms with Gasteiger partial charge >= 0.3 is 0 Å². The van der Waals surface area contributed by atoms with Crippen LogP contribution in [0.25, 0.3) is 0 Å². The number of nitrogens with one attached hydrogen (secondary N) is 2. The lowest BCUT2D eigenvalue weighted by Crippen LogP contribution is -2.30. The maximum Gasteiger partial charge on any atom is 0.223 e. The first kappa shape index (κ1) is 10.3. The molecule has 0 unspecified atom stereocenters. The van der Waals surface area contributed by atoms with Gasteiger partial charge in [0.2, 0.25) is 5.91 Å². The number of amides is 1. The minimum absolute atomic E-state index is 0.253. The second kappa shape index (κ2) is 5.01. The van der Waals surface area contributed by atoms with Crippen LogP contribution in [0.4, 0.5) is 0 Å². The zero-order valence-corrected chi connectivity index (χ0v) is 8.96. The Morgan fingerprint density at radius 2 is 2.27 bits per heavy atom. The molecule has 1 aromatic rings. The van der Waals surface area contributed by atoms with E-state index in [4.69, 9.17) is 0 Å². The average molecular weight is 206 g/mol. The lowest BCUT2D eigenvalue weighted by molar-refractivity contribution is -0.124. The minimum Gasteiger partial charge on any atom is -0.367 e. The molecule has 0 atom stereocenters. The fourth-order valence-electron chi connectivity index (χ4n) is 2.18. The SMILES string of the molecule is O=C(NCCc1cc[nH]c1)C1CCCC1. The standard InChI is InChI=1S/C12H18N2O/c15-12(11-3-1-2-4-11)14-8-6-10-5-7-13-9-10/h5,7,9,11,13H,1-4,6,8H2,(H,14,15). The molecule has 0 radical (unpaired) electrons. The highest BCUT2D eigenvalue weighted by atomic mass is 16.1. The number of H-pyrrole nitrogens is 1. The van der Waals surface area contributed by atoms with Crippen molar-refractivity contribution in [3.63, 3.8) is 0 Å². The summed E-state index contributed by atoms with van der Waals surface area (Å²) in [5, 5.41) is 3.01. The topological polar surface area (TPSA) is 44.9 Å². The summed E-state index contributed by atoms with van der Waals surface area (Å²) in [5.41, 5.74) is 1.25. The molecule has 1 aliphatic rings. The zero-order chi connectivity index (χ0) is 10.5. The van der Waals surface area contributed by atoms with Crippen LogP contribution in [-0.2, 0) is 11.2 Å². The van der Waals surface area contributed by atoms with Crippen molar-refractivity contribution < 1.29 is 4.79 Å². The molecule has 1 aromatic heterocycles. The van der Waals surface area contributed by atoms with Crippen LogP contribution in [-0.4, -0.2) is 17.4 Å². The molecule has 0 aromatic carbocycles. The minimum atomic E-state index is 0.253. The van der Waals surface area contributed by atoms with Gasteiger partial charge in [0, 0.05) is 24.9 Å². The van der Waals surface area contributed by atoms with Crippen LogP contribution in [0, 0.1) is 5.92 Å². The van der Waals surface area contributed by atoms with E-state index in [-0.39, 0.29) is 11.8 Å². The number of aromatic amines is 1. The lowest BCUT2D eigenvalue weighted by atomic mass is 10.1. The predicted octanol–water partition coefficient (Wildman–Crippen LogP) is 1.86. The highest BCUT2D eigenvalue weighted by Crippen LogP contribution is 2.24. The van der Waals surface area contributed by atoms with Crippen molar-refractivity contribution in [3.05, 3.63) is 24.0 Å². The van der Waals surface area contributed by atoms with E-state index in [1.807, 2.05) is 18.5 Å². The van der Waals surface area contributed by atoms with E-state index in [0.29, 0.717) is 0 Å². The monoisotopic (exact) mass is 206 g/mol. The van der Waals surface area contributed by atoms with Gasteiger partial charge in [0.05, 0.1) is 0 Å². The Hall–Kier alpha value is -1.25. The molecule has 1 fully saturated rings. The highest BCUT2D eigenvalue weighted by Gasteiger charge is 2.21. The van der Waals surface area contributed by atoms with Gasteiger partial charge in [-0.2, -0.15) is 0 Å². The molecule has 0 spiro atoms. The van der Waals surface area contributed by atoms with Gasteiger partial charge in [-0.25, -0.2) is 0 Å². The van der Waals surface area contributed by atoms with Crippen molar-refractivity contribution in [2.75, 3.05) is 6.54 Å². The Kier molecular flexibility index (Phi) is 3.43. The third kappa shape index (κ3) is 2.85. The zero-order valence-electron chi connectivity index (χ0n) is 8.96. The van der Waals surface area contributed by atoms with Gasteiger partial charge in [0.15, 0.2) is 0 Å². The van der Waals surface area contributed by atoms with Crippen LogP contribution < -0.4 is 5.32 Å². The summed E-state index contributed by atoms with van der Waals surface area (Å²) in [6, 6.07) is 2.04. The highest BCUT2D eigenvalue weighted by molar-refractivity contribution is 5.78. The van der Waals surface area contributed by atoms with Crippen LogP contribution >= 0.6 is 0 Å². The molecule has 1 amide bonds. The molecule has 0 aliphatic heterocycles. The summed E-state index contributed by atoms with van der Waals surface area (Å²) in [6.45, 7) is 0.757. The third-order valence-electron chi connectivity index (χ3n) is 3.10. The molecule has 82 valence electrons.